The smallest absolute Gasteiger partial charge is 0.410 e. The summed E-state index contributed by atoms with van der Waals surface area (Å²) < 4.78 is 10.3. The molecule has 124 valence electrons. The molecular formula is C16H20N2O5. The number of nitrogens with zero attached hydrogens (tertiary/aromatic N) is 2. The van der Waals surface area contributed by atoms with E-state index >= 15 is 0 Å². The molecule has 7 nitrogen and oxygen atoms in total. The van der Waals surface area contributed by atoms with Crippen molar-refractivity contribution in [2.45, 2.75) is 13.5 Å². The minimum atomic E-state index is -0.612. The van der Waals surface area contributed by atoms with E-state index in [1.165, 1.54) is 12.0 Å². The molecule has 2 rings (SSSR count). The number of likely N-dealkylation sites (tertiary alicyclic amines) is 1. The number of esters is 1. The van der Waals surface area contributed by atoms with Crippen LogP contribution in [0.15, 0.2) is 35.5 Å². The van der Waals surface area contributed by atoms with Crippen molar-refractivity contribution in [3.05, 3.63) is 35.9 Å². The highest BCUT2D eigenvalue weighted by Crippen LogP contribution is 2.18. The van der Waals surface area contributed by atoms with Crippen molar-refractivity contribution in [3.63, 3.8) is 0 Å². The maximum atomic E-state index is 12.2. The maximum Gasteiger partial charge on any atom is 0.410 e. The van der Waals surface area contributed by atoms with Crippen molar-refractivity contribution in [1.82, 2.24) is 4.90 Å². The van der Waals surface area contributed by atoms with Crippen LogP contribution in [0.3, 0.4) is 0 Å². The molecule has 1 amide bonds. The van der Waals surface area contributed by atoms with Crippen LogP contribution < -0.4 is 0 Å². The predicted octanol–water partition coefficient (Wildman–Crippen LogP) is 1.82. The van der Waals surface area contributed by atoms with Crippen LogP contribution in [0.1, 0.15) is 12.5 Å². The summed E-state index contributed by atoms with van der Waals surface area (Å²) in [4.78, 5) is 30.3. The molecule has 1 atom stereocenters. The van der Waals surface area contributed by atoms with Gasteiger partial charge in [0.25, 0.3) is 0 Å². The molecule has 0 bridgehead atoms. The minimum absolute atomic E-state index is 0.175. The van der Waals surface area contributed by atoms with Crippen molar-refractivity contribution in [3.8, 4) is 0 Å². The number of carbonyl (C=O) groups excluding carboxylic acids is 2. The summed E-state index contributed by atoms with van der Waals surface area (Å²) in [6.45, 7) is 2.54. The number of hydrogen-bond donors (Lipinski definition) is 0. The van der Waals surface area contributed by atoms with Gasteiger partial charge in [-0.2, -0.15) is 0 Å². The number of benzene rings is 1. The Hall–Kier alpha value is -2.57. The van der Waals surface area contributed by atoms with Crippen molar-refractivity contribution >= 4 is 17.8 Å². The molecule has 0 aromatic heterocycles. The van der Waals surface area contributed by atoms with Crippen LogP contribution in [0.2, 0.25) is 0 Å². The van der Waals surface area contributed by atoms with Gasteiger partial charge in [0, 0.05) is 6.54 Å². The van der Waals surface area contributed by atoms with Crippen LogP contribution in [-0.4, -0.2) is 49.5 Å². The van der Waals surface area contributed by atoms with E-state index in [2.05, 4.69) is 5.16 Å². The lowest BCUT2D eigenvalue weighted by molar-refractivity contribution is -0.145. The largest absolute Gasteiger partial charge is 0.465 e. The molecule has 0 radical (unpaired) electrons. The summed E-state index contributed by atoms with van der Waals surface area (Å²) in [6.07, 6.45) is -0.496. The topological polar surface area (TPSA) is 77.4 Å². The first-order chi connectivity index (χ1) is 11.2. The first kappa shape index (κ1) is 16.8. The van der Waals surface area contributed by atoms with Crippen LogP contribution in [0.25, 0.3) is 0 Å². The van der Waals surface area contributed by atoms with Crippen LogP contribution in [-0.2, 0) is 25.7 Å². The van der Waals surface area contributed by atoms with E-state index in [1.807, 2.05) is 30.3 Å². The van der Waals surface area contributed by atoms with Gasteiger partial charge >= 0.3 is 12.1 Å². The van der Waals surface area contributed by atoms with Gasteiger partial charge < -0.3 is 19.2 Å². The second kappa shape index (κ2) is 8.17. The van der Waals surface area contributed by atoms with E-state index < -0.39 is 18.0 Å². The number of hydrogen-bond acceptors (Lipinski definition) is 6. The molecule has 1 aliphatic rings. The highest BCUT2D eigenvalue weighted by Gasteiger charge is 2.39. The molecule has 1 aromatic rings. The standard InChI is InChI=1S/C16H20N2O5/c1-3-22-15(19)13-9-18(10-14(13)17-21-2)16(20)23-11-12-7-5-4-6-8-12/h4-8,13H,3,9-11H2,1-2H3/b17-14+. The number of amides is 1. The van der Waals surface area contributed by atoms with Gasteiger partial charge in [-0.05, 0) is 12.5 Å². The average molecular weight is 320 g/mol. The van der Waals surface area contributed by atoms with Crippen LogP contribution in [0, 0.1) is 5.92 Å². The first-order valence-corrected chi connectivity index (χ1v) is 7.37. The van der Waals surface area contributed by atoms with Crippen LogP contribution in [0.4, 0.5) is 4.79 Å². The highest BCUT2D eigenvalue weighted by atomic mass is 16.6. The molecule has 0 aliphatic carbocycles. The Labute approximate surface area is 134 Å². The van der Waals surface area contributed by atoms with Crippen molar-refractivity contribution < 1.29 is 23.9 Å². The quantitative estimate of drug-likeness (QED) is 0.611. The summed E-state index contributed by atoms with van der Waals surface area (Å²) in [5.74, 6) is -1.03. The Balaban J connectivity index is 1.96. The Kier molecular flexibility index (Phi) is 5.96. The lowest BCUT2D eigenvalue weighted by atomic mass is 10.1. The Bertz CT molecular complexity index is 573. The van der Waals surface area contributed by atoms with Gasteiger partial charge in [0.05, 0.1) is 18.9 Å². The van der Waals surface area contributed by atoms with E-state index in [4.69, 9.17) is 14.3 Å². The lowest BCUT2D eigenvalue weighted by Crippen LogP contribution is -2.30. The van der Waals surface area contributed by atoms with E-state index in [1.54, 1.807) is 6.92 Å². The molecule has 1 fully saturated rings. The summed E-state index contributed by atoms with van der Waals surface area (Å²) in [7, 11) is 1.39. The zero-order valence-corrected chi connectivity index (χ0v) is 13.2. The first-order valence-electron chi connectivity index (χ1n) is 7.37. The van der Waals surface area contributed by atoms with Crippen molar-refractivity contribution in [2.24, 2.45) is 11.1 Å². The fourth-order valence-electron chi connectivity index (χ4n) is 2.31. The Morgan fingerprint density at radius 3 is 2.65 bits per heavy atom. The van der Waals surface area contributed by atoms with Crippen molar-refractivity contribution in [2.75, 3.05) is 26.8 Å². The average Bonchev–Trinajstić information content (AvgIpc) is 2.98. The zero-order valence-electron chi connectivity index (χ0n) is 13.2. The van der Waals surface area contributed by atoms with Gasteiger partial charge in [-0.1, -0.05) is 35.5 Å². The molecule has 1 unspecified atom stereocenters. The van der Waals surface area contributed by atoms with E-state index in [-0.39, 0.29) is 26.3 Å². The van der Waals surface area contributed by atoms with Gasteiger partial charge in [0.15, 0.2) is 0 Å². The van der Waals surface area contributed by atoms with Gasteiger partial charge in [-0.25, -0.2) is 4.79 Å². The minimum Gasteiger partial charge on any atom is -0.465 e. The van der Waals surface area contributed by atoms with E-state index in [9.17, 15) is 9.59 Å². The number of rotatable bonds is 5. The van der Waals surface area contributed by atoms with Crippen LogP contribution >= 0.6 is 0 Å². The second-order valence-electron chi connectivity index (χ2n) is 4.99. The fourth-order valence-corrected chi connectivity index (χ4v) is 2.31. The Morgan fingerprint density at radius 2 is 2.00 bits per heavy atom. The molecule has 0 spiro atoms. The zero-order chi connectivity index (χ0) is 16.7. The molecule has 1 aliphatic heterocycles. The normalized spacial score (nSPS) is 18.8. The van der Waals surface area contributed by atoms with Gasteiger partial charge in [-0.15, -0.1) is 0 Å². The second-order valence-corrected chi connectivity index (χ2v) is 4.99. The highest BCUT2D eigenvalue weighted by molar-refractivity contribution is 6.06. The maximum absolute atomic E-state index is 12.2. The van der Waals surface area contributed by atoms with Crippen molar-refractivity contribution in [1.29, 1.82) is 0 Å². The lowest BCUT2D eigenvalue weighted by Gasteiger charge is -2.15. The molecule has 1 aromatic carbocycles. The van der Waals surface area contributed by atoms with Gasteiger partial charge in [-0.3, -0.25) is 4.79 Å². The molecule has 23 heavy (non-hydrogen) atoms. The van der Waals surface area contributed by atoms with Gasteiger partial charge in [0.2, 0.25) is 0 Å². The molecule has 0 N–H and O–H groups in total. The van der Waals surface area contributed by atoms with E-state index in [0.717, 1.165) is 5.56 Å². The third-order valence-corrected chi connectivity index (χ3v) is 3.40. The fraction of sp³-hybridized carbons (Fsp3) is 0.438. The molecule has 0 saturated carbocycles. The molecule has 1 saturated heterocycles. The SMILES string of the molecule is CCOC(=O)C1CN(C(=O)OCc2ccccc2)C/C1=N\OC. The predicted molar refractivity (Wildman–Crippen MR) is 82.8 cm³/mol. The summed E-state index contributed by atoms with van der Waals surface area (Å²) in [5.41, 5.74) is 1.36. The third-order valence-electron chi connectivity index (χ3n) is 3.40. The third kappa shape index (κ3) is 4.45. The summed E-state index contributed by atoms with van der Waals surface area (Å²) in [6, 6.07) is 9.38. The molecule has 1 heterocycles. The molecular weight excluding hydrogens is 300 g/mol. The monoisotopic (exact) mass is 320 g/mol. The number of carbonyl (C=O) groups is 2. The Morgan fingerprint density at radius 1 is 1.26 bits per heavy atom. The number of ether oxygens (including phenoxy) is 2. The van der Waals surface area contributed by atoms with E-state index in [0.29, 0.717) is 5.71 Å². The van der Waals surface area contributed by atoms with Gasteiger partial charge in [0.1, 0.15) is 19.6 Å². The number of oxime groups is 1. The molecule has 7 heteroatoms. The van der Waals surface area contributed by atoms with Crippen LogP contribution in [0.5, 0.6) is 0 Å². The summed E-state index contributed by atoms with van der Waals surface area (Å²) in [5, 5.41) is 3.83. The summed E-state index contributed by atoms with van der Waals surface area (Å²) >= 11 is 0.